The molecule has 3 nitrogen and oxygen atoms in total. The first-order valence-electron chi connectivity index (χ1n) is 7.59. The van der Waals surface area contributed by atoms with Crippen molar-refractivity contribution in [3.8, 4) is 0 Å². The Labute approximate surface area is 124 Å². The summed E-state index contributed by atoms with van der Waals surface area (Å²) in [6.45, 7) is 4.34. The van der Waals surface area contributed by atoms with Gasteiger partial charge in [-0.2, -0.15) is 0 Å². The molecule has 1 aromatic heterocycles. The molecule has 0 aliphatic heterocycles. The van der Waals surface area contributed by atoms with Gasteiger partial charge in [0.25, 0.3) is 0 Å². The summed E-state index contributed by atoms with van der Waals surface area (Å²) in [6.07, 6.45) is 6.51. The smallest absolute Gasteiger partial charge is 0.0907 e. The number of aromatic nitrogens is 1. The minimum atomic E-state index is 0.567. The van der Waals surface area contributed by atoms with Gasteiger partial charge >= 0.3 is 0 Å². The summed E-state index contributed by atoms with van der Waals surface area (Å²) in [5, 5.41) is 4.73. The average molecular weight is 289 g/mol. The molecule has 0 unspecified atom stereocenters. The minimum Gasteiger partial charge on any atom is -0.397 e. The summed E-state index contributed by atoms with van der Waals surface area (Å²) in [5.41, 5.74) is 9.15. The van der Waals surface area contributed by atoms with Gasteiger partial charge in [0, 0.05) is 6.04 Å². The lowest BCUT2D eigenvalue weighted by Gasteiger charge is -2.29. The number of nitrogens with two attached hydrogens (primary N) is 1. The van der Waals surface area contributed by atoms with Gasteiger partial charge in [-0.3, -0.25) is 0 Å². The van der Waals surface area contributed by atoms with Crippen LogP contribution in [0, 0.1) is 12.8 Å². The Morgan fingerprint density at radius 3 is 2.75 bits per heavy atom. The van der Waals surface area contributed by atoms with Gasteiger partial charge in [0.15, 0.2) is 0 Å². The fourth-order valence-corrected chi connectivity index (χ4v) is 4.02. The number of fused-ring (bicyclic) bond motifs is 1. The van der Waals surface area contributed by atoms with E-state index in [0.29, 0.717) is 6.04 Å². The predicted molar refractivity (Wildman–Crippen MR) is 88.4 cm³/mol. The maximum absolute atomic E-state index is 6.18. The summed E-state index contributed by atoms with van der Waals surface area (Å²) >= 11 is 1.71. The van der Waals surface area contributed by atoms with Crippen molar-refractivity contribution in [3.63, 3.8) is 0 Å². The molecule has 20 heavy (non-hydrogen) atoms. The van der Waals surface area contributed by atoms with Gasteiger partial charge in [-0.05, 0) is 50.7 Å². The van der Waals surface area contributed by atoms with Gasteiger partial charge in [0.2, 0.25) is 0 Å². The van der Waals surface area contributed by atoms with Crippen LogP contribution < -0.4 is 11.1 Å². The molecule has 1 saturated carbocycles. The summed E-state index contributed by atoms with van der Waals surface area (Å²) in [6, 6.07) is 4.73. The summed E-state index contributed by atoms with van der Waals surface area (Å²) < 4.78 is 1.18. The van der Waals surface area contributed by atoms with Crippen LogP contribution in [-0.4, -0.2) is 11.0 Å². The maximum Gasteiger partial charge on any atom is 0.0907 e. The molecular formula is C16H23N3S. The second-order valence-corrected chi connectivity index (χ2v) is 7.15. The molecule has 2 aromatic rings. The lowest BCUT2D eigenvalue weighted by atomic mass is 9.84. The normalized spacial score (nSPS) is 23.1. The highest BCUT2D eigenvalue weighted by atomic mass is 32.1. The molecule has 4 heteroatoms. The first kappa shape index (κ1) is 13.7. The molecule has 0 bridgehead atoms. The second kappa shape index (κ2) is 5.60. The third-order valence-electron chi connectivity index (χ3n) is 4.45. The van der Waals surface area contributed by atoms with Crippen LogP contribution in [-0.2, 0) is 0 Å². The number of benzene rings is 1. The van der Waals surface area contributed by atoms with Gasteiger partial charge in [-0.1, -0.05) is 13.3 Å². The van der Waals surface area contributed by atoms with E-state index in [0.717, 1.165) is 27.8 Å². The van der Waals surface area contributed by atoms with Crippen molar-refractivity contribution in [2.75, 3.05) is 11.1 Å². The number of nitrogens with zero attached hydrogens (tertiary/aromatic N) is 1. The summed E-state index contributed by atoms with van der Waals surface area (Å²) in [5.74, 6) is 0.925. The molecule has 0 saturated heterocycles. The van der Waals surface area contributed by atoms with E-state index in [1.165, 1.54) is 36.8 Å². The Hall–Kier alpha value is -1.29. The molecule has 1 heterocycles. The van der Waals surface area contributed by atoms with Crippen LogP contribution in [0.25, 0.3) is 10.2 Å². The van der Waals surface area contributed by atoms with Crippen LogP contribution in [0.3, 0.4) is 0 Å². The number of hydrogen-bond donors (Lipinski definition) is 2. The monoisotopic (exact) mass is 289 g/mol. The Balaban J connectivity index is 1.75. The van der Waals surface area contributed by atoms with Gasteiger partial charge in [-0.15, -0.1) is 11.3 Å². The van der Waals surface area contributed by atoms with E-state index >= 15 is 0 Å². The largest absolute Gasteiger partial charge is 0.397 e. The van der Waals surface area contributed by atoms with Crippen molar-refractivity contribution in [3.05, 3.63) is 17.1 Å². The zero-order valence-corrected chi connectivity index (χ0v) is 13.1. The third kappa shape index (κ3) is 2.75. The maximum atomic E-state index is 6.18. The highest BCUT2D eigenvalue weighted by Gasteiger charge is 2.20. The van der Waals surface area contributed by atoms with E-state index in [1.807, 2.05) is 6.92 Å². The summed E-state index contributed by atoms with van der Waals surface area (Å²) in [4.78, 5) is 4.56. The predicted octanol–water partition coefficient (Wildman–Crippen LogP) is 4.57. The number of thiazole rings is 1. The molecule has 1 fully saturated rings. The van der Waals surface area contributed by atoms with Gasteiger partial charge in [-0.25, -0.2) is 4.98 Å². The zero-order chi connectivity index (χ0) is 14.1. The topological polar surface area (TPSA) is 50.9 Å². The SMILES string of the molecule is CCC1CCC(Nc2cc3nc(C)sc3cc2N)CC1. The Kier molecular flexibility index (Phi) is 3.83. The molecule has 0 spiro atoms. The molecule has 3 rings (SSSR count). The highest BCUT2D eigenvalue weighted by molar-refractivity contribution is 7.18. The Morgan fingerprint density at radius 1 is 1.30 bits per heavy atom. The lowest BCUT2D eigenvalue weighted by Crippen LogP contribution is -2.26. The highest BCUT2D eigenvalue weighted by Crippen LogP contribution is 2.33. The standard InChI is InChI=1S/C16H23N3S/c1-3-11-4-6-12(7-5-11)19-14-9-15-16(8-13(14)17)20-10(2)18-15/h8-9,11-12,19H,3-7,17H2,1-2H3. The van der Waals surface area contributed by atoms with Crippen molar-refractivity contribution < 1.29 is 0 Å². The first-order chi connectivity index (χ1) is 9.65. The molecule has 108 valence electrons. The van der Waals surface area contributed by atoms with E-state index in [4.69, 9.17) is 5.73 Å². The lowest BCUT2D eigenvalue weighted by molar-refractivity contribution is 0.330. The zero-order valence-electron chi connectivity index (χ0n) is 12.3. The number of aryl methyl sites for hydroxylation is 1. The molecule has 0 atom stereocenters. The molecular weight excluding hydrogens is 266 g/mol. The molecule has 1 aliphatic rings. The number of anilines is 2. The number of hydrogen-bond acceptors (Lipinski definition) is 4. The summed E-state index contributed by atoms with van der Waals surface area (Å²) in [7, 11) is 0. The van der Waals surface area contributed by atoms with Crippen molar-refractivity contribution in [2.45, 2.75) is 52.0 Å². The van der Waals surface area contributed by atoms with Crippen LogP contribution >= 0.6 is 11.3 Å². The second-order valence-electron chi connectivity index (χ2n) is 5.91. The fourth-order valence-electron chi connectivity index (χ4n) is 3.16. The molecule has 1 aliphatic carbocycles. The van der Waals surface area contributed by atoms with Crippen LogP contribution in [0.15, 0.2) is 12.1 Å². The van der Waals surface area contributed by atoms with Crippen LogP contribution in [0.5, 0.6) is 0 Å². The van der Waals surface area contributed by atoms with Crippen molar-refractivity contribution in [1.82, 2.24) is 4.98 Å². The third-order valence-corrected chi connectivity index (χ3v) is 5.38. The molecule has 1 aromatic carbocycles. The number of nitrogen functional groups attached to an aromatic ring is 1. The van der Waals surface area contributed by atoms with Gasteiger partial charge in [0.1, 0.15) is 0 Å². The van der Waals surface area contributed by atoms with E-state index in [-0.39, 0.29) is 0 Å². The van der Waals surface area contributed by atoms with E-state index in [9.17, 15) is 0 Å². The number of nitrogens with one attached hydrogen (secondary N) is 1. The first-order valence-corrected chi connectivity index (χ1v) is 8.40. The van der Waals surface area contributed by atoms with E-state index in [1.54, 1.807) is 11.3 Å². The van der Waals surface area contributed by atoms with Crippen molar-refractivity contribution in [2.24, 2.45) is 5.92 Å². The van der Waals surface area contributed by atoms with Crippen molar-refractivity contribution in [1.29, 1.82) is 0 Å². The van der Waals surface area contributed by atoms with Crippen LogP contribution in [0.1, 0.15) is 44.0 Å². The molecule has 0 amide bonds. The number of rotatable bonds is 3. The molecule has 0 radical (unpaired) electrons. The van der Waals surface area contributed by atoms with E-state index < -0.39 is 0 Å². The molecule has 3 N–H and O–H groups in total. The average Bonchev–Trinajstić information content (AvgIpc) is 2.79. The Morgan fingerprint density at radius 2 is 2.05 bits per heavy atom. The minimum absolute atomic E-state index is 0.567. The van der Waals surface area contributed by atoms with Crippen molar-refractivity contribution >= 4 is 32.9 Å². The quantitative estimate of drug-likeness (QED) is 0.814. The fraction of sp³-hybridized carbons (Fsp3) is 0.562. The van der Waals surface area contributed by atoms with E-state index in [2.05, 4.69) is 29.4 Å². The Bertz CT molecular complexity index is 597. The van der Waals surface area contributed by atoms with Gasteiger partial charge < -0.3 is 11.1 Å². The van der Waals surface area contributed by atoms with Gasteiger partial charge in [0.05, 0.1) is 26.6 Å². The van der Waals surface area contributed by atoms with Crippen LogP contribution in [0.4, 0.5) is 11.4 Å². The van der Waals surface area contributed by atoms with Crippen LogP contribution in [0.2, 0.25) is 0 Å².